The van der Waals surface area contributed by atoms with Crippen LogP contribution in [0.4, 0.5) is 5.69 Å². The van der Waals surface area contributed by atoms with E-state index >= 15 is 0 Å². The Morgan fingerprint density at radius 1 is 1.21 bits per heavy atom. The standard InChI is InChI=1S/C14H17N5/c1-14(2,3)11-8-12-16-13(18-19(12)17-11)9-5-4-6-10(15)7-9/h4-8,17H,15H2,1-3H3. The van der Waals surface area contributed by atoms with E-state index in [1.807, 2.05) is 30.3 Å². The van der Waals surface area contributed by atoms with Gasteiger partial charge in [-0.2, -0.15) is 4.63 Å². The number of hydrogen-bond donors (Lipinski definition) is 2. The van der Waals surface area contributed by atoms with E-state index in [1.54, 1.807) is 4.63 Å². The third-order valence-corrected chi connectivity index (χ3v) is 3.08. The van der Waals surface area contributed by atoms with Gasteiger partial charge in [-0.3, -0.25) is 5.10 Å². The fourth-order valence-electron chi connectivity index (χ4n) is 1.96. The molecule has 0 radical (unpaired) electrons. The van der Waals surface area contributed by atoms with Gasteiger partial charge in [0.25, 0.3) is 0 Å². The first-order chi connectivity index (χ1) is 8.93. The summed E-state index contributed by atoms with van der Waals surface area (Å²) < 4.78 is 1.71. The molecule has 0 bridgehead atoms. The number of benzene rings is 1. The van der Waals surface area contributed by atoms with Gasteiger partial charge < -0.3 is 5.73 Å². The van der Waals surface area contributed by atoms with Crippen LogP contribution in [0.5, 0.6) is 0 Å². The summed E-state index contributed by atoms with van der Waals surface area (Å²) >= 11 is 0. The van der Waals surface area contributed by atoms with Crippen molar-refractivity contribution in [2.24, 2.45) is 0 Å². The molecule has 1 aromatic carbocycles. The van der Waals surface area contributed by atoms with Crippen molar-refractivity contribution in [3.05, 3.63) is 36.0 Å². The predicted molar refractivity (Wildman–Crippen MR) is 75.9 cm³/mol. The van der Waals surface area contributed by atoms with Gasteiger partial charge in [-0.25, -0.2) is 4.98 Å². The van der Waals surface area contributed by atoms with E-state index in [2.05, 4.69) is 36.0 Å². The lowest BCUT2D eigenvalue weighted by molar-refractivity contribution is 0.557. The number of nitrogens with two attached hydrogens (primary N) is 1. The largest absolute Gasteiger partial charge is 0.399 e. The van der Waals surface area contributed by atoms with Gasteiger partial charge in [0.05, 0.1) is 0 Å². The van der Waals surface area contributed by atoms with Gasteiger partial charge in [0.1, 0.15) is 0 Å². The van der Waals surface area contributed by atoms with Crippen molar-refractivity contribution in [1.82, 2.24) is 19.8 Å². The third kappa shape index (κ3) is 2.07. The molecule has 5 nitrogen and oxygen atoms in total. The van der Waals surface area contributed by atoms with E-state index in [1.165, 1.54) is 0 Å². The molecule has 0 aliphatic rings. The monoisotopic (exact) mass is 255 g/mol. The Morgan fingerprint density at radius 3 is 2.63 bits per heavy atom. The van der Waals surface area contributed by atoms with Crippen molar-refractivity contribution in [2.75, 3.05) is 5.73 Å². The molecule has 0 amide bonds. The van der Waals surface area contributed by atoms with E-state index in [4.69, 9.17) is 5.73 Å². The Morgan fingerprint density at radius 2 is 2.00 bits per heavy atom. The molecule has 0 aliphatic heterocycles. The van der Waals surface area contributed by atoms with Crippen LogP contribution in [-0.2, 0) is 5.41 Å². The van der Waals surface area contributed by atoms with Crippen LogP contribution < -0.4 is 5.73 Å². The molecule has 0 fully saturated rings. The summed E-state index contributed by atoms with van der Waals surface area (Å²) in [5, 5.41) is 7.70. The number of rotatable bonds is 1. The molecule has 0 atom stereocenters. The summed E-state index contributed by atoms with van der Waals surface area (Å²) in [6, 6.07) is 9.61. The molecular formula is C14H17N5. The molecule has 3 rings (SSSR count). The highest BCUT2D eigenvalue weighted by molar-refractivity contribution is 5.62. The lowest BCUT2D eigenvalue weighted by Crippen LogP contribution is -2.12. The van der Waals surface area contributed by atoms with Gasteiger partial charge in [0.15, 0.2) is 11.5 Å². The van der Waals surface area contributed by atoms with E-state index in [0.29, 0.717) is 11.5 Å². The molecule has 5 heteroatoms. The van der Waals surface area contributed by atoms with Gasteiger partial charge in [-0.15, -0.1) is 5.10 Å². The first kappa shape index (κ1) is 11.8. The summed E-state index contributed by atoms with van der Waals surface area (Å²) in [5.74, 6) is 0.680. The average molecular weight is 255 g/mol. The molecule has 2 aromatic heterocycles. The lowest BCUT2D eigenvalue weighted by Gasteiger charge is -2.14. The van der Waals surface area contributed by atoms with Gasteiger partial charge in [-0.1, -0.05) is 32.9 Å². The predicted octanol–water partition coefficient (Wildman–Crippen LogP) is 2.60. The summed E-state index contributed by atoms with van der Waals surface area (Å²) in [6.07, 6.45) is 0. The summed E-state index contributed by atoms with van der Waals surface area (Å²) in [7, 11) is 0. The second-order valence-corrected chi connectivity index (χ2v) is 5.75. The van der Waals surface area contributed by atoms with Crippen LogP contribution in [0.15, 0.2) is 30.3 Å². The lowest BCUT2D eigenvalue weighted by atomic mass is 9.93. The second kappa shape index (κ2) is 3.85. The minimum Gasteiger partial charge on any atom is -0.399 e. The van der Waals surface area contributed by atoms with Crippen LogP contribution in [-0.4, -0.2) is 19.8 Å². The Bertz CT molecular complexity index is 698. The smallest absolute Gasteiger partial charge is 0.183 e. The Hall–Kier alpha value is -2.30. The van der Waals surface area contributed by atoms with E-state index in [-0.39, 0.29) is 5.41 Å². The number of nitrogens with one attached hydrogen (secondary N) is 1. The maximum absolute atomic E-state index is 5.78. The minimum absolute atomic E-state index is 0.0553. The molecule has 0 aliphatic carbocycles. The van der Waals surface area contributed by atoms with Crippen LogP contribution in [0, 0.1) is 0 Å². The quantitative estimate of drug-likeness (QED) is 0.656. The number of aromatic nitrogens is 4. The highest BCUT2D eigenvalue weighted by Gasteiger charge is 2.18. The van der Waals surface area contributed by atoms with Crippen LogP contribution in [0.3, 0.4) is 0 Å². The Balaban J connectivity index is 2.06. The van der Waals surface area contributed by atoms with E-state index in [0.717, 1.165) is 16.9 Å². The van der Waals surface area contributed by atoms with Crippen molar-refractivity contribution in [3.63, 3.8) is 0 Å². The molecule has 98 valence electrons. The zero-order valence-corrected chi connectivity index (χ0v) is 11.3. The molecule has 0 spiro atoms. The van der Waals surface area contributed by atoms with Crippen LogP contribution >= 0.6 is 0 Å². The Kier molecular flexibility index (Phi) is 2.38. The SMILES string of the molecule is CC(C)(C)c1cc2nc(-c3cccc(N)c3)nn2[nH]1. The number of nitrogens with zero attached hydrogens (tertiary/aromatic N) is 3. The number of aromatic amines is 1. The summed E-state index contributed by atoms with van der Waals surface area (Å²) in [4.78, 5) is 4.52. The topological polar surface area (TPSA) is 72.0 Å². The van der Waals surface area contributed by atoms with Crippen LogP contribution in [0.25, 0.3) is 17.0 Å². The molecule has 2 heterocycles. The first-order valence-electron chi connectivity index (χ1n) is 6.26. The summed E-state index contributed by atoms with van der Waals surface area (Å²) in [5.41, 5.74) is 9.41. The molecule has 3 N–H and O–H groups in total. The maximum Gasteiger partial charge on any atom is 0.183 e. The number of H-pyrrole nitrogens is 1. The third-order valence-electron chi connectivity index (χ3n) is 3.08. The van der Waals surface area contributed by atoms with Crippen LogP contribution in [0.2, 0.25) is 0 Å². The Labute approximate surface area is 111 Å². The molecule has 0 saturated heterocycles. The number of fused-ring (bicyclic) bond motifs is 1. The average Bonchev–Trinajstić information content (AvgIpc) is 2.85. The summed E-state index contributed by atoms with van der Waals surface area (Å²) in [6.45, 7) is 6.45. The molecule has 0 saturated carbocycles. The number of nitrogen functional groups attached to an aromatic ring is 1. The van der Waals surface area contributed by atoms with Gasteiger partial charge >= 0.3 is 0 Å². The second-order valence-electron chi connectivity index (χ2n) is 5.75. The highest BCUT2D eigenvalue weighted by Crippen LogP contribution is 2.23. The molecule has 3 aromatic rings. The molecular weight excluding hydrogens is 238 g/mol. The van der Waals surface area contributed by atoms with Crippen molar-refractivity contribution >= 4 is 11.3 Å². The van der Waals surface area contributed by atoms with Crippen molar-refractivity contribution in [2.45, 2.75) is 26.2 Å². The first-order valence-corrected chi connectivity index (χ1v) is 6.26. The van der Waals surface area contributed by atoms with Gasteiger partial charge in [0.2, 0.25) is 0 Å². The number of hydrogen-bond acceptors (Lipinski definition) is 3. The van der Waals surface area contributed by atoms with Crippen molar-refractivity contribution < 1.29 is 0 Å². The van der Waals surface area contributed by atoms with Crippen molar-refractivity contribution in [3.8, 4) is 11.4 Å². The van der Waals surface area contributed by atoms with Gasteiger partial charge in [0, 0.05) is 28.4 Å². The normalized spacial score (nSPS) is 12.2. The minimum atomic E-state index is 0.0553. The highest BCUT2D eigenvalue weighted by atomic mass is 15.5. The zero-order chi connectivity index (χ0) is 13.6. The molecule has 19 heavy (non-hydrogen) atoms. The fourth-order valence-corrected chi connectivity index (χ4v) is 1.96. The van der Waals surface area contributed by atoms with E-state index < -0.39 is 0 Å². The fraction of sp³-hybridized carbons (Fsp3) is 0.286. The van der Waals surface area contributed by atoms with Crippen LogP contribution in [0.1, 0.15) is 26.5 Å². The maximum atomic E-state index is 5.78. The zero-order valence-electron chi connectivity index (χ0n) is 11.3. The van der Waals surface area contributed by atoms with E-state index in [9.17, 15) is 0 Å². The van der Waals surface area contributed by atoms with Gasteiger partial charge in [-0.05, 0) is 12.1 Å². The molecule has 0 unspecified atom stereocenters. The van der Waals surface area contributed by atoms with Crippen molar-refractivity contribution in [1.29, 1.82) is 0 Å². The number of anilines is 1.